The zero-order valence-electron chi connectivity index (χ0n) is 17.4. The molecule has 0 bridgehead atoms. The Balaban J connectivity index is 1.50. The molecule has 0 heterocycles. The fourth-order valence-electron chi connectivity index (χ4n) is 2.85. The molecule has 7 nitrogen and oxygen atoms in total. The van der Waals surface area contributed by atoms with Crippen LogP contribution in [-0.4, -0.2) is 24.3 Å². The van der Waals surface area contributed by atoms with Crippen molar-refractivity contribution in [3.63, 3.8) is 0 Å². The van der Waals surface area contributed by atoms with Gasteiger partial charge in [-0.1, -0.05) is 30.3 Å². The average molecular weight is 496 g/mol. The molecule has 0 saturated heterocycles. The number of hydrogen-bond donors (Lipinski definition) is 3. The van der Waals surface area contributed by atoms with E-state index in [4.69, 9.17) is 4.74 Å². The Kier molecular flexibility index (Phi) is 7.99. The first-order chi connectivity index (χ1) is 15.4. The van der Waals surface area contributed by atoms with E-state index in [-0.39, 0.29) is 5.91 Å². The summed E-state index contributed by atoms with van der Waals surface area (Å²) in [6, 6.07) is 21.3. The van der Waals surface area contributed by atoms with Crippen LogP contribution in [0.4, 0.5) is 5.69 Å². The van der Waals surface area contributed by atoms with E-state index in [0.29, 0.717) is 33.6 Å². The summed E-state index contributed by atoms with van der Waals surface area (Å²) in [5.41, 5.74) is 7.21. The van der Waals surface area contributed by atoms with Crippen molar-refractivity contribution in [2.45, 2.75) is 13.3 Å². The highest BCUT2D eigenvalue weighted by Gasteiger charge is 2.12. The van der Waals surface area contributed by atoms with Gasteiger partial charge in [-0.3, -0.25) is 25.2 Å². The third-order valence-electron chi connectivity index (χ3n) is 4.44. The summed E-state index contributed by atoms with van der Waals surface area (Å²) in [4.78, 5) is 35.7. The normalized spacial score (nSPS) is 10.2. The topological polar surface area (TPSA) is 96.5 Å². The quantitative estimate of drug-likeness (QED) is 0.429. The molecule has 3 aromatic carbocycles. The van der Waals surface area contributed by atoms with Crippen molar-refractivity contribution in [2.24, 2.45) is 0 Å². The van der Waals surface area contributed by atoms with Crippen molar-refractivity contribution < 1.29 is 19.1 Å². The van der Waals surface area contributed by atoms with Crippen LogP contribution in [0.2, 0.25) is 0 Å². The Morgan fingerprint density at radius 3 is 2.09 bits per heavy atom. The Morgan fingerprint density at radius 2 is 1.47 bits per heavy atom. The Labute approximate surface area is 194 Å². The maximum absolute atomic E-state index is 12.4. The molecule has 0 aliphatic carbocycles. The first-order valence-corrected chi connectivity index (χ1v) is 10.7. The van der Waals surface area contributed by atoms with Gasteiger partial charge in [-0.05, 0) is 64.0 Å². The van der Waals surface area contributed by atoms with Crippen molar-refractivity contribution in [1.82, 2.24) is 10.9 Å². The zero-order chi connectivity index (χ0) is 22.9. The van der Waals surface area contributed by atoms with Gasteiger partial charge >= 0.3 is 0 Å². The second-order valence-electron chi connectivity index (χ2n) is 6.90. The van der Waals surface area contributed by atoms with Gasteiger partial charge in [0.25, 0.3) is 11.8 Å². The van der Waals surface area contributed by atoms with E-state index in [9.17, 15) is 14.4 Å². The van der Waals surface area contributed by atoms with E-state index in [1.165, 1.54) is 12.5 Å². The summed E-state index contributed by atoms with van der Waals surface area (Å²) in [5.74, 6) is -0.522. The second-order valence-corrected chi connectivity index (χ2v) is 7.75. The van der Waals surface area contributed by atoms with E-state index in [2.05, 4.69) is 32.1 Å². The average Bonchev–Trinajstić information content (AvgIpc) is 2.79. The van der Waals surface area contributed by atoms with Gasteiger partial charge < -0.3 is 10.1 Å². The summed E-state index contributed by atoms with van der Waals surface area (Å²) >= 11 is 3.42. The third-order valence-corrected chi connectivity index (χ3v) is 5.06. The Morgan fingerprint density at radius 1 is 0.844 bits per heavy atom. The highest BCUT2D eigenvalue weighted by molar-refractivity contribution is 9.10. The number of anilines is 1. The van der Waals surface area contributed by atoms with E-state index >= 15 is 0 Å². The smallest absolute Gasteiger partial charge is 0.269 e. The zero-order valence-corrected chi connectivity index (χ0v) is 18.9. The lowest BCUT2D eigenvalue weighted by molar-refractivity contribution is -0.114. The van der Waals surface area contributed by atoms with Gasteiger partial charge in [-0.15, -0.1) is 0 Å². The number of carbonyl (C=O) groups excluding carboxylic acids is 3. The largest absolute Gasteiger partial charge is 0.492 e. The number of amides is 3. The first kappa shape index (κ1) is 23.0. The van der Waals surface area contributed by atoms with Crippen LogP contribution in [0, 0.1) is 0 Å². The van der Waals surface area contributed by atoms with Crippen molar-refractivity contribution in [3.05, 3.63) is 94.0 Å². The van der Waals surface area contributed by atoms with Crippen molar-refractivity contribution >= 4 is 39.3 Å². The van der Waals surface area contributed by atoms with Crippen LogP contribution >= 0.6 is 15.9 Å². The summed E-state index contributed by atoms with van der Waals surface area (Å²) in [5, 5.41) is 2.62. The van der Waals surface area contributed by atoms with Crippen LogP contribution < -0.4 is 20.9 Å². The number of benzene rings is 3. The molecule has 3 N–H and O–H groups in total. The fraction of sp³-hybridized carbons (Fsp3) is 0.125. The van der Waals surface area contributed by atoms with Crippen LogP contribution in [-0.2, 0) is 11.2 Å². The molecule has 164 valence electrons. The number of nitrogens with one attached hydrogen (secondary N) is 3. The Bertz CT molecular complexity index is 1100. The minimum absolute atomic E-state index is 0.201. The molecule has 0 spiro atoms. The molecule has 0 unspecified atom stereocenters. The molecule has 0 saturated carbocycles. The minimum Gasteiger partial charge on any atom is -0.492 e. The lowest BCUT2D eigenvalue weighted by Gasteiger charge is -2.11. The van der Waals surface area contributed by atoms with Crippen molar-refractivity contribution in [3.8, 4) is 5.75 Å². The molecule has 3 aromatic rings. The number of hydrogen-bond acceptors (Lipinski definition) is 4. The maximum atomic E-state index is 12.4. The summed E-state index contributed by atoms with van der Waals surface area (Å²) in [6.45, 7) is 1.91. The van der Waals surface area contributed by atoms with Gasteiger partial charge in [-0.2, -0.15) is 0 Å². The summed E-state index contributed by atoms with van der Waals surface area (Å²) in [7, 11) is 0. The lowest BCUT2D eigenvalue weighted by atomic mass is 10.2. The highest BCUT2D eigenvalue weighted by Crippen LogP contribution is 2.26. The van der Waals surface area contributed by atoms with Crippen molar-refractivity contribution in [2.75, 3.05) is 11.9 Å². The van der Waals surface area contributed by atoms with E-state index in [1.54, 1.807) is 42.5 Å². The number of ether oxygens (including phenoxy) is 1. The number of rotatable bonds is 7. The van der Waals surface area contributed by atoms with E-state index < -0.39 is 11.8 Å². The number of hydrazine groups is 1. The first-order valence-electron chi connectivity index (χ1n) is 9.87. The molecule has 32 heavy (non-hydrogen) atoms. The molecule has 0 fully saturated rings. The molecule has 0 atom stereocenters. The predicted octanol–water partition coefficient (Wildman–Crippen LogP) is 4.10. The summed E-state index contributed by atoms with van der Waals surface area (Å²) in [6.07, 6.45) is 0.771. The van der Waals surface area contributed by atoms with Crippen LogP contribution in [0.5, 0.6) is 5.75 Å². The molecule has 0 aliphatic heterocycles. The maximum Gasteiger partial charge on any atom is 0.269 e. The molecule has 0 radical (unpaired) electrons. The van der Waals surface area contributed by atoms with Crippen LogP contribution in [0.15, 0.2) is 77.3 Å². The van der Waals surface area contributed by atoms with Gasteiger partial charge in [-0.25, -0.2) is 0 Å². The van der Waals surface area contributed by atoms with Gasteiger partial charge in [0.05, 0.1) is 11.1 Å². The lowest BCUT2D eigenvalue weighted by Crippen LogP contribution is -2.41. The molecular weight excluding hydrogens is 474 g/mol. The Hall–Kier alpha value is -3.65. The summed E-state index contributed by atoms with van der Waals surface area (Å²) < 4.78 is 6.43. The second kappa shape index (κ2) is 11.1. The van der Waals surface area contributed by atoms with Crippen LogP contribution in [0.25, 0.3) is 0 Å². The third kappa shape index (κ3) is 6.68. The minimum atomic E-state index is -0.479. The molecule has 0 aliphatic rings. The van der Waals surface area contributed by atoms with E-state index in [1.807, 2.05) is 30.3 Å². The molecule has 3 rings (SSSR count). The van der Waals surface area contributed by atoms with E-state index in [0.717, 1.165) is 6.42 Å². The molecular formula is C24H22BrN3O4. The van der Waals surface area contributed by atoms with Gasteiger partial charge in [0.2, 0.25) is 5.91 Å². The standard InChI is InChI=1S/C24H22BrN3O4/c1-16(29)26-20-10-7-18(8-11-20)23(30)27-28-24(31)19-9-12-22(21(25)15-19)32-14-13-17-5-3-2-4-6-17/h2-12,15H,13-14H2,1H3,(H,26,29)(H,27,30)(H,28,31). The number of halogens is 1. The predicted molar refractivity (Wildman–Crippen MR) is 125 cm³/mol. The fourth-order valence-corrected chi connectivity index (χ4v) is 3.34. The van der Waals surface area contributed by atoms with Crippen LogP contribution in [0.1, 0.15) is 33.2 Å². The van der Waals surface area contributed by atoms with Gasteiger partial charge in [0, 0.05) is 30.2 Å². The van der Waals surface area contributed by atoms with Crippen molar-refractivity contribution in [1.29, 1.82) is 0 Å². The highest BCUT2D eigenvalue weighted by atomic mass is 79.9. The van der Waals surface area contributed by atoms with Crippen LogP contribution in [0.3, 0.4) is 0 Å². The monoisotopic (exact) mass is 495 g/mol. The molecule has 8 heteroatoms. The molecule has 3 amide bonds. The SMILES string of the molecule is CC(=O)Nc1ccc(C(=O)NNC(=O)c2ccc(OCCc3ccccc3)c(Br)c2)cc1. The molecule has 0 aromatic heterocycles. The van der Waals surface area contributed by atoms with Gasteiger partial charge in [0.1, 0.15) is 5.75 Å². The van der Waals surface area contributed by atoms with Gasteiger partial charge in [0.15, 0.2) is 0 Å². The number of carbonyl (C=O) groups is 3.